The van der Waals surface area contributed by atoms with Crippen LogP contribution in [0.25, 0.3) is 0 Å². The summed E-state index contributed by atoms with van der Waals surface area (Å²) in [4.78, 5) is 33.2. The molecule has 0 unspecified atom stereocenters. The number of carbonyl (C=O) groups excluding carboxylic acids is 2. The van der Waals surface area contributed by atoms with Crippen LogP contribution in [0.2, 0.25) is 0 Å². The molecule has 148 valence electrons. The minimum atomic E-state index is -0.233. The van der Waals surface area contributed by atoms with Gasteiger partial charge in [0.1, 0.15) is 0 Å². The van der Waals surface area contributed by atoms with Crippen molar-refractivity contribution in [3.05, 3.63) is 30.1 Å². The molecule has 27 heavy (non-hydrogen) atoms. The number of nitrogens with one attached hydrogen (secondary N) is 1. The van der Waals surface area contributed by atoms with E-state index < -0.39 is 0 Å². The third-order valence-corrected chi connectivity index (χ3v) is 5.71. The van der Waals surface area contributed by atoms with Crippen LogP contribution in [0.4, 0.5) is 0 Å². The number of pyridine rings is 1. The highest BCUT2D eigenvalue weighted by molar-refractivity contribution is 5.85. The molecule has 2 amide bonds. The van der Waals surface area contributed by atoms with Gasteiger partial charge in [-0.25, -0.2) is 0 Å². The molecule has 0 spiro atoms. The highest BCUT2D eigenvalue weighted by Crippen LogP contribution is 2.28. The number of nitrogens with zero attached hydrogens (tertiary/aromatic N) is 3. The fourth-order valence-electron chi connectivity index (χ4n) is 3.79. The van der Waals surface area contributed by atoms with Gasteiger partial charge in [-0.2, -0.15) is 0 Å². The van der Waals surface area contributed by atoms with Crippen LogP contribution in [0, 0.1) is 11.8 Å². The zero-order valence-corrected chi connectivity index (χ0v) is 16.6. The van der Waals surface area contributed by atoms with Gasteiger partial charge < -0.3 is 15.1 Å². The van der Waals surface area contributed by atoms with E-state index in [9.17, 15) is 9.59 Å². The summed E-state index contributed by atoms with van der Waals surface area (Å²) in [7, 11) is 3.68. The van der Waals surface area contributed by atoms with Gasteiger partial charge in [0.05, 0.1) is 0 Å². The molecule has 1 N–H and O–H groups in total. The molecule has 1 aromatic heterocycles. The fraction of sp³-hybridized carbons (Fsp3) is 0.667. The lowest BCUT2D eigenvalue weighted by Gasteiger charge is -2.25. The van der Waals surface area contributed by atoms with Gasteiger partial charge >= 0.3 is 0 Å². The lowest BCUT2D eigenvalue weighted by atomic mass is 9.95. The first kappa shape index (κ1) is 19.8. The van der Waals surface area contributed by atoms with Crippen molar-refractivity contribution >= 4 is 11.8 Å². The summed E-state index contributed by atoms with van der Waals surface area (Å²) in [5.74, 6) is 0.728. The molecular weight excluding hydrogens is 340 g/mol. The van der Waals surface area contributed by atoms with Crippen molar-refractivity contribution in [3.8, 4) is 0 Å². The van der Waals surface area contributed by atoms with Crippen LogP contribution >= 0.6 is 0 Å². The third-order valence-electron chi connectivity index (χ3n) is 5.71. The predicted molar refractivity (Wildman–Crippen MR) is 105 cm³/mol. The van der Waals surface area contributed by atoms with E-state index >= 15 is 0 Å². The van der Waals surface area contributed by atoms with Crippen LogP contribution in [0.15, 0.2) is 24.5 Å². The van der Waals surface area contributed by atoms with Crippen molar-refractivity contribution in [1.29, 1.82) is 0 Å². The number of amides is 2. The van der Waals surface area contributed by atoms with Crippen LogP contribution in [0.5, 0.6) is 0 Å². The lowest BCUT2D eigenvalue weighted by molar-refractivity contribution is -0.140. The number of rotatable bonds is 6. The Hall–Kier alpha value is -1.95. The zero-order valence-electron chi connectivity index (χ0n) is 16.6. The van der Waals surface area contributed by atoms with Gasteiger partial charge in [0.15, 0.2) is 0 Å². The van der Waals surface area contributed by atoms with Crippen LogP contribution in [-0.2, 0) is 16.1 Å². The Kier molecular flexibility index (Phi) is 6.83. The van der Waals surface area contributed by atoms with Crippen molar-refractivity contribution in [2.75, 3.05) is 27.2 Å². The van der Waals surface area contributed by atoms with E-state index in [0.29, 0.717) is 19.0 Å². The van der Waals surface area contributed by atoms with Crippen molar-refractivity contribution in [2.24, 2.45) is 11.8 Å². The first-order valence-corrected chi connectivity index (χ1v) is 10.1. The Morgan fingerprint density at radius 2 is 2.15 bits per heavy atom. The summed E-state index contributed by atoms with van der Waals surface area (Å²) in [5, 5.41) is 3.63. The molecule has 6 heteroatoms. The number of aromatic nitrogens is 1. The van der Waals surface area contributed by atoms with Gasteiger partial charge in [0, 0.05) is 58.0 Å². The van der Waals surface area contributed by atoms with Crippen molar-refractivity contribution < 1.29 is 9.59 Å². The Morgan fingerprint density at radius 3 is 2.85 bits per heavy atom. The van der Waals surface area contributed by atoms with E-state index in [-0.39, 0.29) is 17.7 Å². The fourth-order valence-corrected chi connectivity index (χ4v) is 3.79. The molecule has 1 aliphatic carbocycles. The van der Waals surface area contributed by atoms with Crippen molar-refractivity contribution in [3.63, 3.8) is 0 Å². The third kappa shape index (κ3) is 6.03. The topological polar surface area (TPSA) is 65.5 Å². The minimum absolute atomic E-state index is 0.0602. The van der Waals surface area contributed by atoms with Gasteiger partial charge in [-0.3, -0.25) is 14.6 Å². The summed E-state index contributed by atoms with van der Waals surface area (Å²) >= 11 is 0. The number of likely N-dealkylation sites (N-methyl/N-ethyl adjacent to an activating group) is 1. The molecule has 1 saturated carbocycles. The summed E-state index contributed by atoms with van der Waals surface area (Å²) in [6, 6.07) is 4.18. The number of hydrogen-bond acceptors (Lipinski definition) is 4. The lowest BCUT2D eigenvalue weighted by Crippen LogP contribution is -2.42. The predicted octanol–water partition coefficient (Wildman–Crippen LogP) is 2.06. The highest BCUT2D eigenvalue weighted by atomic mass is 16.2. The number of carbonyl (C=O) groups is 2. The molecule has 0 radical (unpaired) electrons. The van der Waals surface area contributed by atoms with Crippen LogP contribution in [0.1, 0.15) is 44.1 Å². The molecule has 2 fully saturated rings. The van der Waals surface area contributed by atoms with E-state index in [1.165, 1.54) is 12.8 Å². The van der Waals surface area contributed by atoms with Crippen molar-refractivity contribution in [1.82, 2.24) is 20.1 Å². The monoisotopic (exact) mass is 372 g/mol. The molecular formula is C21H32N4O2. The van der Waals surface area contributed by atoms with Crippen LogP contribution in [0.3, 0.4) is 0 Å². The normalized spacial score (nSPS) is 24.1. The smallest absolute Gasteiger partial charge is 0.226 e. The molecule has 0 aromatic carbocycles. The maximum atomic E-state index is 13.0. The summed E-state index contributed by atoms with van der Waals surface area (Å²) in [6.45, 7) is 2.32. The van der Waals surface area contributed by atoms with E-state index in [4.69, 9.17) is 0 Å². The van der Waals surface area contributed by atoms with Crippen LogP contribution in [-0.4, -0.2) is 59.8 Å². The molecule has 2 heterocycles. The second kappa shape index (κ2) is 9.31. The molecule has 1 aliphatic heterocycles. The largest absolute Gasteiger partial charge is 0.344 e. The van der Waals surface area contributed by atoms with E-state index in [1.807, 2.05) is 26.2 Å². The Bertz CT molecular complexity index is 632. The first-order valence-electron chi connectivity index (χ1n) is 10.1. The minimum Gasteiger partial charge on any atom is -0.344 e. The molecule has 0 bridgehead atoms. The van der Waals surface area contributed by atoms with E-state index in [0.717, 1.165) is 43.8 Å². The van der Waals surface area contributed by atoms with Gasteiger partial charge in [-0.05, 0) is 49.8 Å². The summed E-state index contributed by atoms with van der Waals surface area (Å²) < 4.78 is 0. The molecule has 1 saturated heterocycles. The molecule has 2 atom stereocenters. The molecule has 3 rings (SSSR count). The van der Waals surface area contributed by atoms with E-state index in [1.54, 1.807) is 22.2 Å². The first-order chi connectivity index (χ1) is 13.0. The van der Waals surface area contributed by atoms with Crippen molar-refractivity contribution in [2.45, 2.75) is 51.1 Å². The SMILES string of the molecule is CN1C[C@H](NCC2CC2)CCC[C@@H](C(=O)N(C)Cc2cccnc2)CC1=O. The maximum Gasteiger partial charge on any atom is 0.226 e. The Morgan fingerprint density at radius 1 is 1.33 bits per heavy atom. The average Bonchev–Trinajstić information content (AvgIpc) is 3.48. The van der Waals surface area contributed by atoms with Gasteiger partial charge in [0.2, 0.25) is 11.8 Å². The second-order valence-corrected chi connectivity index (χ2v) is 8.21. The van der Waals surface area contributed by atoms with Crippen LogP contribution < -0.4 is 5.32 Å². The standard InChI is InChI=1S/C21H32N4O2/c1-24-15-19(23-13-16-8-9-16)7-3-6-18(11-20(24)26)21(27)25(2)14-17-5-4-10-22-12-17/h4-5,10,12,16,18-19,23H,3,6-9,11,13-15H2,1-2H3/t18-,19-/m1/s1. The second-order valence-electron chi connectivity index (χ2n) is 8.21. The maximum absolute atomic E-state index is 13.0. The Balaban J connectivity index is 1.57. The average molecular weight is 373 g/mol. The van der Waals surface area contributed by atoms with E-state index in [2.05, 4.69) is 10.3 Å². The quantitative estimate of drug-likeness (QED) is 0.830. The molecule has 1 aromatic rings. The van der Waals surface area contributed by atoms with Gasteiger partial charge in [-0.15, -0.1) is 0 Å². The van der Waals surface area contributed by atoms with Gasteiger partial charge in [-0.1, -0.05) is 12.5 Å². The highest BCUT2D eigenvalue weighted by Gasteiger charge is 2.29. The summed E-state index contributed by atoms with van der Waals surface area (Å²) in [5.41, 5.74) is 1.00. The number of hydrogen-bond donors (Lipinski definition) is 1. The Labute approximate surface area is 162 Å². The molecule has 2 aliphatic rings. The van der Waals surface area contributed by atoms with Gasteiger partial charge in [0.25, 0.3) is 0 Å². The molecule has 6 nitrogen and oxygen atoms in total. The zero-order chi connectivity index (χ0) is 19.2. The summed E-state index contributed by atoms with van der Waals surface area (Å²) in [6.07, 6.45) is 9.23.